The summed E-state index contributed by atoms with van der Waals surface area (Å²) in [5.41, 5.74) is 2.54. The van der Waals surface area contributed by atoms with Gasteiger partial charge in [-0.1, -0.05) is 90.5 Å². The molecular weight excluding hydrogens is 408 g/mol. The van der Waals surface area contributed by atoms with Crippen LogP contribution < -0.4 is 5.32 Å². The highest BCUT2D eigenvalue weighted by molar-refractivity contribution is 6.30. The van der Waals surface area contributed by atoms with Crippen LogP contribution in [0.2, 0.25) is 5.02 Å². The number of hydrogen-bond donors (Lipinski definition) is 1. The van der Waals surface area contributed by atoms with Gasteiger partial charge < -0.3 is 10.2 Å². The van der Waals surface area contributed by atoms with Crippen molar-refractivity contribution in [2.24, 2.45) is 0 Å². The first-order chi connectivity index (χ1) is 15.1. The Morgan fingerprint density at radius 2 is 1.52 bits per heavy atom. The van der Waals surface area contributed by atoms with Crippen LogP contribution in [-0.2, 0) is 22.6 Å². The third kappa shape index (κ3) is 6.30. The van der Waals surface area contributed by atoms with Gasteiger partial charge in [-0.15, -0.1) is 6.58 Å². The van der Waals surface area contributed by atoms with Crippen LogP contribution in [0.5, 0.6) is 0 Å². The largest absolute Gasteiger partial charge is 0.351 e. The third-order valence-electron chi connectivity index (χ3n) is 4.88. The van der Waals surface area contributed by atoms with Crippen LogP contribution in [0.3, 0.4) is 0 Å². The molecule has 1 N–H and O–H groups in total. The molecule has 5 heteroatoms. The summed E-state index contributed by atoms with van der Waals surface area (Å²) in [7, 11) is 0. The highest BCUT2D eigenvalue weighted by Crippen LogP contribution is 2.25. The van der Waals surface area contributed by atoms with Crippen molar-refractivity contribution in [2.45, 2.75) is 19.0 Å². The van der Waals surface area contributed by atoms with Crippen LogP contribution in [0.15, 0.2) is 97.6 Å². The van der Waals surface area contributed by atoms with E-state index in [-0.39, 0.29) is 18.2 Å². The summed E-state index contributed by atoms with van der Waals surface area (Å²) in [4.78, 5) is 28.3. The van der Waals surface area contributed by atoms with Gasteiger partial charge in [0.2, 0.25) is 11.8 Å². The molecular formula is C26H25ClN2O2. The summed E-state index contributed by atoms with van der Waals surface area (Å²) in [5, 5.41) is 3.47. The number of nitrogens with one attached hydrogen (secondary N) is 1. The molecule has 4 nitrogen and oxygen atoms in total. The summed E-state index contributed by atoms with van der Waals surface area (Å²) in [6.07, 6.45) is 1.79. The van der Waals surface area contributed by atoms with E-state index in [0.717, 1.165) is 16.7 Å². The Bertz CT molecular complexity index is 1000. The van der Waals surface area contributed by atoms with E-state index in [2.05, 4.69) is 11.9 Å². The van der Waals surface area contributed by atoms with Crippen LogP contribution in [-0.4, -0.2) is 23.3 Å². The van der Waals surface area contributed by atoms with E-state index in [1.54, 1.807) is 23.1 Å². The van der Waals surface area contributed by atoms with Crippen molar-refractivity contribution in [1.29, 1.82) is 0 Å². The summed E-state index contributed by atoms with van der Waals surface area (Å²) in [5.74, 6) is -0.389. The van der Waals surface area contributed by atoms with E-state index in [1.165, 1.54) is 0 Å². The van der Waals surface area contributed by atoms with Gasteiger partial charge in [0, 0.05) is 18.1 Å². The average Bonchev–Trinajstić information content (AvgIpc) is 2.80. The minimum atomic E-state index is -0.763. The molecule has 0 unspecified atom stereocenters. The molecule has 1 atom stereocenters. The van der Waals surface area contributed by atoms with Crippen molar-refractivity contribution in [3.05, 3.63) is 119 Å². The average molecular weight is 433 g/mol. The lowest BCUT2D eigenvalue weighted by atomic mass is 10.0. The number of halogens is 1. The second kappa shape index (κ2) is 11.1. The van der Waals surface area contributed by atoms with E-state index in [4.69, 9.17) is 11.6 Å². The molecule has 0 aliphatic heterocycles. The molecule has 0 radical (unpaired) electrons. The highest BCUT2D eigenvalue weighted by Gasteiger charge is 2.31. The predicted octanol–water partition coefficient (Wildman–Crippen LogP) is 4.95. The summed E-state index contributed by atoms with van der Waals surface area (Å²) < 4.78 is 0. The normalized spacial score (nSPS) is 11.4. The smallest absolute Gasteiger partial charge is 0.247 e. The zero-order valence-corrected chi connectivity index (χ0v) is 18.0. The molecule has 0 aromatic heterocycles. The van der Waals surface area contributed by atoms with Crippen LogP contribution >= 0.6 is 11.6 Å². The van der Waals surface area contributed by atoms with Gasteiger partial charge in [-0.3, -0.25) is 9.59 Å². The zero-order valence-electron chi connectivity index (χ0n) is 17.2. The van der Waals surface area contributed by atoms with Crippen molar-refractivity contribution >= 4 is 23.4 Å². The van der Waals surface area contributed by atoms with Gasteiger partial charge >= 0.3 is 0 Å². The molecule has 0 heterocycles. The fourth-order valence-electron chi connectivity index (χ4n) is 3.36. The Balaban J connectivity index is 1.97. The number of rotatable bonds is 9. The quantitative estimate of drug-likeness (QED) is 0.486. The van der Waals surface area contributed by atoms with E-state index in [0.29, 0.717) is 18.1 Å². The molecule has 2 amide bonds. The fraction of sp³-hybridized carbons (Fsp3) is 0.154. The van der Waals surface area contributed by atoms with Gasteiger partial charge in [-0.25, -0.2) is 0 Å². The first-order valence-electron chi connectivity index (χ1n) is 10.1. The van der Waals surface area contributed by atoms with Gasteiger partial charge in [-0.2, -0.15) is 0 Å². The van der Waals surface area contributed by atoms with Gasteiger partial charge in [0.1, 0.15) is 6.04 Å². The Morgan fingerprint density at radius 1 is 0.903 bits per heavy atom. The van der Waals surface area contributed by atoms with E-state index >= 15 is 0 Å². The van der Waals surface area contributed by atoms with Crippen LogP contribution in [0.4, 0.5) is 0 Å². The van der Waals surface area contributed by atoms with Crippen molar-refractivity contribution in [3.63, 3.8) is 0 Å². The maximum absolute atomic E-state index is 13.5. The van der Waals surface area contributed by atoms with Crippen molar-refractivity contribution < 1.29 is 9.59 Å². The second-order valence-corrected chi connectivity index (χ2v) is 7.59. The predicted molar refractivity (Wildman–Crippen MR) is 125 cm³/mol. The first-order valence-corrected chi connectivity index (χ1v) is 10.5. The van der Waals surface area contributed by atoms with E-state index in [1.807, 2.05) is 72.8 Å². The monoisotopic (exact) mass is 432 g/mol. The lowest BCUT2D eigenvalue weighted by molar-refractivity contribution is -0.141. The number of benzene rings is 3. The van der Waals surface area contributed by atoms with Gasteiger partial charge in [0.25, 0.3) is 0 Å². The molecule has 0 spiro atoms. The number of carbonyl (C=O) groups excluding carboxylic acids is 2. The molecule has 3 aromatic rings. The minimum Gasteiger partial charge on any atom is -0.351 e. The molecule has 3 aromatic carbocycles. The third-order valence-corrected chi connectivity index (χ3v) is 5.13. The second-order valence-electron chi connectivity index (χ2n) is 7.16. The molecule has 0 fully saturated rings. The summed E-state index contributed by atoms with van der Waals surface area (Å²) in [6.45, 7) is 4.31. The Morgan fingerprint density at radius 3 is 2.13 bits per heavy atom. The van der Waals surface area contributed by atoms with Crippen molar-refractivity contribution in [1.82, 2.24) is 10.2 Å². The number of carbonyl (C=O) groups is 2. The molecule has 0 bridgehead atoms. The van der Waals surface area contributed by atoms with Crippen LogP contribution in [0.25, 0.3) is 0 Å². The zero-order chi connectivity index (χ0) is 22.1. The van der Waals surface area contributed by atoms with Gasteiger partial charge in [-0.05, 0) is 28.8 Å². The number of amides is 2. The lowest BCUT2D eigenvalue weighted by Gasteiger charge is -2.31. The van der Waals surface area contributed by atoms with Crippen molar-refractivity contribution in [3.8, 4) is 0 Å². The first kappa shape index (κ1) is 22.3. The summed E-state index contributed by atoms with van der Waals surface area (Å²) >= 11 is 5.98. The highest BCUT2D eigenvalue weighted by atomic mass is 35.5. The summed E-state index contributed by atoms with van der Waals surface area (Å²) in [6, 6.07) is 25.5. The van der Waals surface area contributed by atoms with Crippen LogP contribution in [0, 0.1) is 0 Å². The van der Waals surface area contributed by atoms with E-state index < -0.39 is 6.04 Å². The number of hydrogen-bond acceptors (Lipinski definition) is 2. The lowest BCUT2D eigenvalue weighted by Crippen LogP contribution is -2.44. The molecule has 158 valence electrons. The van der Waals surface area contributed by atoms with Crippen LogP contribution in [0.1, 0.15) is 22.7 Å². The Hall–Kier alpha value is -3.37. The topological polar surface area (TPSA) is 49.4 Å². The number of nitrogens with zero attached hydrogens (tertiary/aromatic N) is 1. The molecule has 0 aliphatic carbocycles. The molecule has 0 aliphatic rings. The minimum absolute atomic E-state index is 0.145. The SMILES string of the molecule is C=CCNC(=O)[C@H](c1ccccc1)N(Cc1ccccc1)C(=O)Cc1ccc(Cl)cc1. The Kier molecular flexibility index (Phi) is 8.02. The van der Waals surface area contributed by atoms with Gasteiger partial charge in [0.15, 0.2) is 0 Å². The molecule has 0 saturated heterocycles. The Labute approximate surface area is 188 Å². The molecule has 3 rings (SSSR count). The maximum Gasteiger partial charge on any atom is 0.247 e. The molecule has 0 saturated carbocycles. The maximum atomic E-state index is 13.5. The molecule has 31 heavy (non-hydrogen) atoms. The standard InChI is InChI=1S/C26H25ClN2O2/c1-2-17-28-26(31)25(22-11-7-4-8-12-22)29(19-21-9-5-3-6-10-21)24(30)18-20-13-15-23(27)16-14-20/h2-16,25H,1,17-19H2,(H,28,31)/t25-/m0/s1. The fourth-order valence-corrected chi connectivity index (χ4v) is 3.49. The van der Waals surface area contributed by atoms with Crippen molar-refractivity contribution in [2.75, 3.05) is 6.54 Å². The van der Waals surface area contributed by atoms with Gasteiger partial charge in [0.05, 0.1) is 6.42 Å². The van der Waals surface area contributed by atoms with E-state index in [9.17, 15) is 9.59 Å².